The summed E-state index contributed by atoms with van der Waals surface area (Å²) in [5, 5.41) is 18.3. The van der Waals surface area contributed by atoms with Gasteiger partial charge in [0.1, 0.15) is 0 Å². The molecule has 4 heteroatoms. The minimum Gasteiger partial charge on any atom is -0.481 e. The van der Waals surface area contributed by atoms with Gasteiger partial charge in [0.2, 0.25) is 0 Å². The molecule has 0 saturated carbocycles. The third-order valence-electron chi connectivity index (χ3n) is 3.73. The number of carbonyl (C=O) groups is 1. The maximum absolute atomic E-state index is 10.3. The predicted octanol–water partition coefficient (Wildman–Crippen LogP) is 4.70. The molecule has 1 atom stereocenters. The summed E-state index contributed by atoms with van der Waals surface area (Å²) in [6.07, 6.45) is 17.4. The Morgan fingerprint density at radius 3 is 2.27 bits per heavy atom. The fraction of sp³-hybridized carbons (Fsp3) is 0.833. The summed E-state index contributed by atoms with van der Waals surface area (Å²) < 4.78 is 0. The number of carboxylic acids is 1. The molecular weight excluding hydrogens is 469 g/mol. The van der Waals surface area contributed by atoms with Crippen LogP contribution in [0.25, 0.3) is 0 Å². The zero-order valence-electron chi connectivity index (χ0n) is 14.3. The molecule has 0 aliphatic rings. The number of hydrogen-bond acceptors (Lipinski definition) is 2. The molecule has 0 aromatic heterocycles. The fourth-order valence-electron chi connectivity index (χ4n) is 2.36. The summed E-state index contributed by atoms with van der Waals surface area (Å²) in [5.74, 6) is -0.689. The zero-order valence-corrected chi connectivity index (χ0v) is 18.8. The second-order valence-corrected chi connectivity index (χ2v) is 5.91. The number of aliphatic carboxylic acids is 1. The minimum atomic E-state index is -0.689. The molecule has 0 bridgehead atoms. The molecular formula is C18H34O3Tl. The van der Waals surface area contributed by atoms with E-state index in [2.05, 4.69) is 19.1 Å². The van der Waals surface area contributed by atoms with Crippen LogP contribution in [0.3, 0.4) is 0 Å². The number of allylic oxidation sites excluding steroid dienone is 1. The van der Waals surface area contributed by atoms with Crippen LogP contribution in [0.4, 0.5) is 0 Å². The van der Waals surface area contributed by atoms with Crippen molar-refractivity contribution in [3.8, 4) is 0 Å². The number of carboxylic acid groups (broad SMARTS) is 1. The van der Waals surface area contributed by atoms with E-state index in [0.717, 1.165) is 51.4 Å². The molecule has 0 unspecified atom stereocenters. The molecule has 3 nitrogen and oxygen atoms in total. The molecule has 0 spiro atoms. The molecule has 2 N–H and O–H groups in total. The van der Waals surface area contributed by atoms with E-state index in [1.54, 1.807) is 0 Å². The van der Waals surface area contributed by atoms with Gasteiger partial charge in [0.25, 0.3) is 0 Å². The molecule has 0 saturated heterocycles. The Kier molecular flexibility index (Phi) is 21.2. The van der Waals surface area contributed by atoms with Crippen molar-refractivity contribution in [3.05, 3.63) is 12.2 Å². The smallest absolute Gasteiger partial charge is 0.303 e. The van der Waals surface area contributed by atoms with Crippen LogP contribution in [0.15, 0.2) is 12.2 Å². The van der Waals surface area contributed by atoms with E-state index >= 15 is 0 Å². The monoisotopic (exact) mass is 503 g/mol. The Morgan fingerprint density at radius 2 is 1.59 bits per heavy atom. The molecule has 127 valence electrons. The third-order valence-corrected chi connectivity index (χ3v) is 3.73. The number of rotatable bonds is 15. The molecule has 0 rings (SSSR count). The van der Waals surface area contributed by atoms with Crippen molar-refractivity contribution in [3.63, 3.8) is 0 Å². The van der Waals surface area contributed by atoms with Gasteiger partial charge in [-0.15, -0.1) is 0 Å². The van der Waals surface area contributed by atoms with Crippen molar-refractivity contribution in [2.45, 2.75) is 96.5 Å². The quantitative estimate of drug-likeness (QED) is 0.194. The van der Waals surface area contributed by atoms with Gasteiger partial charge >= 0.3 is 5.97 Å². The van der Waals surface area contributed by atoms with Crippen molar-refractivity contribution in [2.75, 3.05) is 0 Å². The van der Waals surface area contributed by atoms with Crippen molar-refractivity contribution >= 4 is 33.3 Å². The molecule has 0 amide bonds. The van der Waals surface area contributed by atoms with Crippen LogP contribution in [0, 0.1) is 0 Å². The van der Waals surface area contributed by atoms with Gasteiger partial charge in [0.05, 0.1) is 6.10 Å². The molecule has 0 aliphatic heterocycles. The second kappa shape index (κ2) is 19.1. The minimum absolute atomic E-state index is 0. The second-order valence-electron chi connectivity index (χ2n) is 5.91. The van der Waals surface area contributed by atoms with Crippen molar-refractivity contribution in [1.82, 2.24) is 0 Å². The normalized spacial score (nSPS) is 12.3. The zero-order chi connectivity index (χ0) is 15.8. The number of aliphatic hydroxyl groups excluding tert-OH is 1. The molecule has 0 aliphatic carbocycles. The first kappa shape index (κ1) is 24.3. The van der Waals surface area contributed by atoms with Crippen LogP contribution in [0.1, 0.15) is 90.4 Å². The SMILES string of the molecule is CCCCCC[C@@H](O)C/C=C\CCCCCCCC(=O)O.[Tl]. The maximum Gasteiger partial charge on any atom is 0.303 e. The first-order valence-corrected chi connectivity index (χ1v) is 8.71. The topological polar surface area (TPSA) is 57.5 Å². The summed E-state index contributed by atoms with van der Waals surface area (Å²) in [7, 11) is 0. The van der Waals surface area contributed by atoms with Gasteiger partial charge in [0.15, 0.2) is 0 Å². The molecule has 0 aromatic carbocycles. The summed E-state index contributed by atoms with van der Waals surface area (Å²) >= 11 is 0. The van der Waals surface area contributed by atoms with Crippen molar-refractivity contribution in [1.29, 1.82) is 0 Å². The van der Waals surface area contributed by atoms with E-state index in [9.17, 15) is 9.90 Å². The Labute approximate surface area is 156 Å². The van der Waals surface area contributed by atoms with Crippen molar-refractivity contribution < 1.29 is 15.0 Å². The maximum atomic E-state index is 10.3. The van der Waals surface area contributed by atoms with E-state index in [4.69, 9.17) is 5.11 Å². The van der Waals surface area contributed by atoms with Crippen LogP contribution in [-0.4, -0.2) is 49.6 Å². The third kappa shape index (κ3) is 20.1. The van der Waals surface area contributed by atoms with Crippen LogP contribution >= 0.6 is 0 Å². The standard InChI is InChI=1S/C18H34O3.Tl/c1-2-3-4-11-14-17(19)15-12-9-7-5-6-8-10-13-16-18(20)21;/h9,12,17,19H,2-8,10-11,13-16H2,1H3,(H,20,21);/b12-9-;/t17-;/m1./s1. The molecule has 22 heavy (non-hydrogen) atoms. The van der Waals surface area contributed by atoms with Gasteiger partial charge < -0.3 is 10.2 Å². The van der Waals surface area contributed by atoms with Crippen LogP contribution in [0.5, 0.6) is 0 Å². The number of aliphatic hydroxyl groups is 1. The van der Waals surface area contributed by atoms with Crippen molar-refractivity contribution in [2.24, 2.45) is 0 Å². The molecule has 0 aromatic rings. The van der Waals surface area contributed by atoms with E-state index in [0.29, 0.717) is 6.42 Å². The summed E-state index contributed by atoms with van der Waals surface area (Å²) in [4.78, 5) is 10.3. The van der Waals surface area contributed by atoms with Gasteiger partial charge in [-0.3, -0.25) is 4.79 Å². The average molecular weight is 503 g/mol. The van der Waals surface area contributed by atoms with E-state index in [1.165, 1.54) is 25.7 Å². The van der Waals surface area contributed by atoms with E-state index in [1.807, 2.05) is 0 Å². The van der Waals surface area contributed by atoms with Gasteiger partial charge in [-0.2, -0.15) is 0 Å². The predicted molar refractivity (Wildman–Crippen MR) is 94.2 cm³/mol. The first-order chi connectivity index (χ1) is 10.2. The Morgan fingerprint density at radius 1 is 0.955 bits per heavy atom. The molecule has 0 fully saturated rings. The molecule has 1 radical (unpaired) electrons. The molecule has 0 heterocycles. The Hall–Kier alpha value is 0.0921. The van der Waals surface area contributed by atoms with Gasteiger partial charge in [0, 0.05) is 33.7 Å². The number of hydrogen-bond donors (Lipinski definition) is 2. The summed E-state index contributed by atoms with van der Waals surface area (Å²) in [6.45, 7) is 2.20. The number of unbranched alkanes of at least 4 members (excludes halogenated alkanes) is 8. The van der Waals surface area contributed by atoms with Gasteiger partial charge in [-0.05, 0) is 32.1 Å². The summed E-state index contributed by atoms with van der Waals surface area (Å²) in [5.41, 5.74) is 0. The largest absolute Gasteiger partial charge is 0.481 e. The average Bonchev–Trinajstić information content (AvgIpc) is 2.45. The fourth-order valence-corrected chi connectivity index (χ4v) is 2.36. The van der Waals surface area contributed by atoms with E-state index in [-0.39, 0.29) is 33.4 Å². The van der Waals surface area contributed by atoms with Gasteiger partial charge in [-0.25, -0.2) is 0 Å². The van der Waals surface area contributed by atoms with Crippen LogP contribution in [0.2, 0.25) is 0 Å². The van der Waals surface area contributed by atoms with Gasteiger partial charge in [-0.1, -0.05) is 64.0 Å². The Balaban J connectivity index is 0. The first-order valence-electron chi connectivity index (χ1n) is 8.71. The van der Waals surface area contributed by atoms with Crippen LogP contribution < -0.4 is 0 Å². The summed E-state index contributed by atoms with van der Waals surface area (Å²) in [6, 6.07) is 0. The Bertz CT molecular complexity index is 267. The van der Waals surface area contributed by atoms with E-state index < -0.39 is 5.97 Å². The van der Waals surface area contributed by atoms with Crippen LogP contribution in [-0.2, 0) is 4.79 Å².